The lowest BCUT2D eigenvalue weighted by Gasteiger charge is -2.00. The maximum Gasteiger partial charge on any atom is 0.197 e. The minimum Gasteiger partial charge on any atom is -0.288 e. The van der Waals surface area contributed by atoms with Gasteiger partial charge in [0.25, 0.3) is 0 Å². The number of ketones is 2. The highest BCUT2D eigenvalue weighted by molar-refractivity contribution is 7.29. The Hall–Kier alpha value is -3.41. The predicted octanol–water partition coefficient (Wildman–Crippen LogP) is 7.38. The number of Topliss-reactive ketones (excluding diaryl/α,β-unsaturated/α-hetero) is 2. The molecule has 0 N–H and O–H groups in total. The van der Waals surface area contributed by atoms with Crippen molar-refractivity contribution in [1.29, 1.82) is 0 Å². The molecule has 5 aromatic rings. The van der Waals surface area contributed by atoms with Crippen LogP contribution in [-0.2, 0) is 0 Å². The zero-order valence-electron chi connectivity index (χ0n) is 16.0. The van der Waals surface area contributed by atoms with Crippen molar-refractivity contribution in [3.8, 4) is 10.4 Å². The van der Waals surface area contributed by atoms with E-state index in [4.69, 9.17) is 0 Å². The number of benzene rings is 3. The van der Waals surface area contributed by atoms with Crippen LogP contribution in [0.25, 0.3) is 36.7 Å². The molecule has 0 radical (unpaired) electrons. The fraction of sp³-hybridized carbons (Fsp3) is 0. The molecule has 0 atom stereocenters. The van der Waals surface area contributed by atoms with Gasteiger partial charge >= 0.3 is 0 Å². The van der Waals surface area contributed by atoms with E-state index in [2.05, 4.69) is 6.07 Å². The van der Waals surface area contributed by atoms with Crippen LogP contribution in [0, 0.1) is 5.82 Å². The summed E-state index contributed by atoms with van der Waals surface area (Å²) < 4.78 is 15.3. The van der Waals surface area contributed by atoms with E-state index in [1.54, 1.807) is 40.9 Å². The zero-order valence-corrected chi connectivity index (χ0v) is 17.6. The van der Waals surface area contributed by atoms with Crippen LogP contribution in [0.3, 0.4) is 0 Å². The van der Waals surface area contributed by atoms with Gasteiger partial charge in [-0.1, -0.05) is 36.4 Å². The van der Waals surface area contributed by atoms with E-state index in [1.165, 1.54) is 12.1 Å². The van der Waals surface area contributed by atoms with E-state index in [1.807, 2.05) is 42.5 Å². The second-order valence-corrected chi connectivity index (χ2v) is 9.66. The van der Waals surface area contributed by atoms with Crippen LogP contribution < -0.4 is 0 Å². The summed E-state index contributed by atoms with van der Waals surface area (Å²) in [4.78, 5) is 27.9. The second kappa shape index (κ2) is 6.80. The van der Waals surface area contributed by atoms with Crippen molar-refractivity contribution in [1.82, 2.24) is 0 Å². The smallest absolute Gasteiger partial charge is 0.197 e. The number of rotatable bonds is 2. The molecule has 0 saturated carbocycles. The Bertz CT molecular complexity index is 1480. The number of carbonyl (C=O) groups excluding carboxylic acids is 2. The van der Waals surface area contributed by atoms with Gasteiger partial charge in [-0.25, -0.2) is 4.39 Å². The van der Waals surface area contributed by atoms with Crippen molar-refractivity contribution in [2.75, 3.05) is 0 Å². The quantitative estimate of drug-likeness (QED) is 0.212. The fourth-order valence-corrected chi connectivity index (χ4v) is 6.32. The molecule has 1 aliphatic rings. The summed E-state index contributed by atoms with van der Waals surface area (Å²) in [7, 11) is 0. The Morgan fingerprint density at radius 1 is 0.710 bits per heavy atom. The van der Waals surface area contributed by atoms with Gasteiger partial charge in [0.2, 0.25) is 0 Å². The van der Waals surface area contributed by atoms with E-state index in [0.717, 1.165) is 35.5 Å². The van der Waals surface area contributed by atoms with Crippen LogP contribution in [0.2, 0.25) is 0 Å². The largest absolute Gasteiger partial charge is 0.288 e. The van der Waals surface area contributed by atoms with Crippen LogP contribution in [0.1, 0.15) is 25.6 Å². The first-order valence-corrected chi connectivity index (χ1v) is 11.3. The van der Waals surface area contributed by atoms with Crippen LogP contribution in [0.4, 0.5) is 4.39 Å². The molecule has 0 saturated heterocycles. The van der Waals surface area contributed by atoms with E-state index in [9.17, 15) is 14.0 Å². The summed E-state index contributed by atoms with van der Waals surface area (Å²) in [5, 5.41) is 1.90. The van der Waals surface area contributed by atoms with Gasteiger partial charge in [0.15, 0.2) is 11.6 Å². The third-order valence-corrected chi connectivity index (χ3v) is 7.80. The molecule has 0 aliphatic heterocycles. The van der Waals surface area contributed by atoms with E-state index < -0.39 is 0 Å². The topological polar surface area (TPSA) is 34.1 Å². The molecule has 5 heteroatoms. The first kappa shape index (κ1) is 18.4. The summed E-state index contributed by atoms with van der Waals surface area (Å²) in [6.07, 6.45) is 1.71. The maximum absolute atomic E-state index is 13.2. The Labute approximate surface area is 184 Å². The van der Waals surface area contributed by atoms with Crippen molar-refractivity contribution in [2.45, 2.75) is 0 Å². The molecule has 6 rings (SSSR count). The summed E-state index contributed by atoms with van der Waals surface area (Å²) in [5.74, 6) is -0.681. The molecular formula is C26H13FO2S2. The molecule has 3 aromatic carbocycles. The normalized spacial score (nSPS) is 13.4. The summed E-state index contributed by atoms with van der Waals surface area (Å²) in [6, 6.07) is 21.9. The zero-order chi connectivity index (χ0) is 21.1. The third kappa shape index (κ3) is 2.97. The summed E-state index contributed by atoms with van der Waals surface area (Å²) >= 11 is 3.16. The van der Waals surface area contributed by atoms with Gasteiger partial charge in [0, 0.05) is 30.3 Å². The van der Waals surface area contributed by atoms with Crippen LogP contribution in [0.5, 0.6) is 0 Å². The maximum atomic E-state index is 13.2. The number of thiophene rings is 2. The SMILES string of the molecule is O=C1C(=Cc2cc3sc(-c4ccc(F)cc4)cc3s2)C(=O)c2cc3ccccc3cc21. The highest BCUT2D eigenvalue weighted by Crippen LogP contribution is 2.40. The van der Waals surface area contributed by atoms with Gasteiger partial charge in [-0.2, -0.15) is 0 Å². The average molecular weight is 441 g/mol. The van der Waals surface area contributed by atoms with Crippen molar-refractivity contribution >= 4 is 60.5 Å². The number of fused-ring (bicyclic) bond motifs is 3. The van der Waals surface area contributed by atoms with Gasteiger partial charge in [0.05, 0.1) is 5.57 Å². The van der Waals surface area contributed by atoms with Crippen LogP contribution in [0.15, 0.2) is 78.4 Å². The Balaban J connectivity index is 1.38. The molecular weight excluding hydrogens is 427 g/mol. The van der Waals surface area contributed by atoms with Crippen molar-refractivity contribution < 1.29 is 14.0 Å². The molecule has 0 bridgehead atoms. The van der Waals surface area contributed by atoms with E-state index in [0.29, 0.717) is 11.1 Å². The molecule has 0 spiro atoms. The van der Waals surface area contributed by atoms with Crippen molar-refractivity contribution in [3.63, 3.8) is 0 Å². The second-order valence-electron chi connectivity index (χ2n) is 7.46. The lowest BCUT2D eigenvalue weighted by molar-refractivity contribution is 0.0990. The van der Waals surface area contributed by atoms with Gasteiger partial charge in [0.1, 0.15) is 5.82 Å². The molecule has 0 unspecified atom stereocenters. The standard InChI is InChI=1S/C26H13FO2S2/c27-17-7-5-14(6-8-17)22-13-24-23(31-22)12-18(30-24)11-21-25(28)19-9-15-3-1-2-4-16(15)10-20(19)26(21)29/h1-13H. The number of allylic oxidation sites excluding steroid dienone is 1. The molecule has 2 heterocycles. The minimum atomic E-state index is -0.254. The lowest BCUT2D eigenvalue weighted by atomic mass is 10.0. The van der Waals surface area contributed by atoms with Gasteiger partial charge in [-0.3, -0.25) is 9.59 Å². The Morgan fingerprint density at radius 3 is 1.94 bits per heavy atom. The Kier molecular flexibility index (Phi) is 4.03. The first-order chi connectivity index (χ1) is 15.1. The molecule has 2 aromatic heterocycles. The summed E-state index contributed by atoms with van der Waals surface area (Å²) in [5.41, 5.74) is 2.15. The molecule has 1 aliphatic carbocycles. The number of hydrogen-bond acceptors (Lipinski definition) is 4. The number of carbonyl (C=O) groups is 2. The Morgan fingerprint density at radius 2 is 1.32 bits per heavy atom. The first-order valence-electron chi connectivity index (χ1n) is 9.70. The molecule has 148 valence electrons. The highest BCUT2D eigenvalue weighted by atomic mass is 32.1. The lowest BCUT2D eigenvalue weighted by Crippen LogP contribution is -1.99. The number of halogens is 1. The average Bonchev–Trinajstić information content (AvgIpc) is 3.40. The monoisotopic (exact) mass is 440 g/mol. The van der Waals surface area contributed by atoms with Crippen molar-refractivity contribution in [3.05, 3.63) is 100 Å². The van der Waals surface area contributed by atoms with E-state index in [-0.39, 0.29) is 23.0 Å². The van der Waals surface area contributed by atoms with Crippen LogP contribution in [-0.4, -0.2) is 11.6 Å². The highest BCUT2D eigenvalue weighted by Gasteiger charge is 2.33. The van der Waals surface area contributed by atoms with E-state index >= 15 is 0 Å². The predicted molar refractivity (Wildman–Crippen MR) is 126 cm³/mol. The van der Waals surface area contributed by atoms with Gasteiger partial charge in [-0.05, 0) is 58.8 Å². The van der Waals surface area contributed by atoms with Gasteiger partial charge in [-0.15, -0.1) is 22.7 Å². The molecule has 0 amide bonds. The summed E-state index contributed by atoms with van der Waals surface area (Å²) in [6.45, 7) is 0. The number of hydrogen-bond donors (Lipinski definition) is 0. The van der Waals surface area contributed by atoms with Crippen LogP contribution >= 0.6 is 22.7 Å². The van der Waals surface area contributed by atoms with Gasteiger partial charge < -0.3 is 0 Å². The van der Waals surface area contributed by atoms with Crippen molar-refractivity contribution in [2.24, 2.45) is 0 Å². The molecule has 2 nitrogen and oxygen atoms in total. The fourth-order valence-electron chi connectivity index (χ4n) is 3.96. The molecule has 31 heavy (non-hydrogen) atoms. The molecule has 0 fully saturated rings. The third-order valence-electron chi connectivity index (χ3n) is 5.51. The minimum absolute atomic E-state index is 0.213.